The smallest absolute Gasteiger partial charge is 0.191 e. The predicted molar refractivity (Wildman–Crippen MR) is 96.9 cm³/mol. The van der Waals surface area contributed by atoms with Gasteiger partial charge in [-0.2, -0.15) is 0 Å². The van der Waals surface area contributed by atoms with Gasteiger partial charge in [-0.05, 0) is 54.4 Å². The van der Waals surface area contributed by atoms with Crippen LogP contribution in [0.25, 0.3) is 10.9 Å². The fourth-order valence-electron chi connectivity index (χ4n) is 3.10. The topological polar surface area (TPSA) is 14.2 Å². The maximum absolute atomic E-state index is 6.45. The zero-order valence-corrected chi connectivity index (χ0v) is 15.6. The third-order valence-electron chi connectivity index (χ3n) is 5.64. The number of benzene rings is 1. The quantitative estimate of drug-likeness (QED) is 0.708. The number of para-hydroxylation sites is 1. The lowest BCUT2D eigenvalue weighted by atomic mass is 9.97. The van der Waals surface area contributed by atoms with Crippen LogP contribution in [0.4, 0.5) is 0 Å². The molecular weight excluding hydrogens is 286 g/mol. The molecule has 3 rings (SSSR count). The van der Waals surface area contributed by atoms with Gasteiger partial charge in [0.15, 0.2) is 8.32 Å². The van der Waals surface area contributed by atoms with Crippen LogP contribution in [0.2, 0.25) is 18.1 Å². The van der Waals surface area contributed by atoms with Gasteiger partial charge in [0.05, 0.1) is 0 Å². The summed E-state index contributed by atoms with van der Waals surface area (Å²) in [6.45, 7) is 13.7. The second kappa shape index (κ2) is 5.54. The first-order valence-corrected chi connectivity index (χ1v) is 11.4. The number of hydrogen-bond donors (Lipinski definition) is 0. The van der Waals surface area contributed by atoms with E-state index in [1.165, 1.54) is 23.0 Å². The Morgan fingerprint density at radius 2 is 1.95 bits per heavy atom. The number of hydrogen-bond acceptors (Lipinski definition) is 1. The first-order valence-electron chi connectivity index (χ1n) is 8.49. The zero-order valence-electron chi connectivity index (χ0n) is 14.6. The van der Waals surface area contributed by atoms with Gasteiger partial charge >= 0.3 is 0 Å². The Morgan fingerprint density at radius 3 is 2.68 bits per heavy atom. The van der Waals surface area contributed by atoms with Gasteiger partial charge in [0, 0.05) is 24.4 Å². The molecule has 0 N–H and O–H groups in total. The summed E-state index contributed by atoms with van der Waals surface area (Å²) >= 11 is 0. The van der Waals surface area contributed by atoms with Crippen LogP contribution < -0.4 is 0 Å². The van der Waals surface area contributed by atoms with Crippen molar-refractivity contribution in [3.8, 4) is 0 Å². The first kappa shape index (κ1) is 15.8. The van der Waals surface area contributed by atoms with Crippen molar-refractivity contribution in [3.05, 3.63) is 36.0 Å². The van der Waals surface area contributed by atoms with Crippen molar-refractivity contribution < 1.29 is 4.43 Å². The third kappa shape index (κ3) is 2.89. The SMILES string of the molecule is CC(C)(C)[Si](C)(C)OCC1CCn2c(cc3ccccc32)C1. The standard InChI is InChI=1S/C19H29NOSi/c1-19(2,3)22(4,5)21-14-15-10-11-20-17(12-15)13-16-8-6-7-9-18(16)20/h6-9,13,15H,10-12,14H2,1-5H3. The van der Waals surface area contributed by atoms with E-state index in [1.807, 2.05) is 0 Å². The van der Waals surface area contributed by atoms with Gasteiger partial charge < -0.3 is 8.99 Å². The molecule has 22 heavy (non-hydrogen) atoms. The van der Waals surface area contributed by atoms with Crippen LogP contribution in [-0.4, -0.2) is 19.5 Å². The predicted octanol–water partition coefficient (Wildman–Crippen LogP) is 5.23. The van der Waals surface area contributed by atoms with Crippen molar-refractivity contribution in [2.24, 2.45) is 5.92 Å². The molecular formula is C19H29NOSi. The van der Waals surface area contributed by atoms with E-state index in [2.05, 4.69) is 68.8 Å². The van der Waals surface area contributed by atoms with Crippen LogP contribution in [-0.2, 0) is 17.4 Å². The molecule has 0 spiro atoms. The average molecular weight is 316 g/mol. The lowest BCUT2D eigenvalue weighted by molar-refractivity contribution is 0.204. The Morgan fingerprint density at radius 1 is 1.23 bits per heavy atom. The van der Waals surface area contributed by atoms with Crippen molar-refractivity contribution in [2.45, 2.75) is 58.3 Å². The van der Waals surface area contributed by atoms with E-state index in [-0.39, 0.29) is 0 Å². The monoisotopic (exact) mass is 315 g/mol. The van der Waals surface area contributed by atoms with Gasteiger partial charge in [-0.1, -0.05) is 39.0 Å². The highest BCUT2D eigenvalue weighted by Gasteiger charge is 2.37. The summed E-state index contributed by atoms with van der Waals surface area (Å²) in [5.74, 6) is 0.672. The number of aromatic nitrogens is 1. The summed E-state index contributed by atoms with van der Waals surface area (Å²) in [6.07, 6.45) is 2.39. The van der Waals surface area contributed by atoms with Crippen molar-refractivity contribution in [1.82, 2.24) is 4.57 Å². The second-order valence-electron chi connectivity index (χ2n) is 8.28. The summed E-state index contributed by atoms with van der Waals surface area (Å²) in [6, 6.07) is 11.1. The van der Waals surface area contributed by atoms with E-state index in [0.717, 1.165) is 19.6 Å². The molecule has 0 saturated carbocycles. The summed E-state index contributed by atoms with van der Waals surface area (Å²) in [4.78, 5) is 0. The Labute approximate surface area is 135 Å². The molecule has 2 heterocycles. The molecule has 1 aliphatic heterocycles. The van der Waals surface area contributed by atoms with Crippen molar-refractivity contribution in [2.75, 3.05) is 6.61 Å². The van der Waals surface area contributed by atoms with Crippen LogP contribution in [0.1, 0.15) is 32.9 Å². The van der Waals surface area contributed by atoms with Crippen molar-refractivity contribution in [1.29, 1.82) is 0 Å². The largest absolute Gasteiger partial charge is 0.417 e. The second-order valence-corrected chi connectivity index (χ2v) is 13.1. The van der Waals surface area contributed by atoms with Crippen molar-refractivity contribution >= 4 is 19.2 Å². The molecule has 2 nitrogen and oxygen atoms in total. The summed E-state index contributed by atoms with van der Waals surface area (Å²) < 4.78 is 8.95. The maximum atomic E-state index is 6.45. The number of nitrogens with zero attached hydrogens (tertiary/aromatic N) is 1. The maximum Gasteiger partial charge on any atom is 0.191 e. The Hall–Kier alpha value is -1.06. The van der Waals surface area contributed by atoms with E-state index in [1.54, 1.807) is 0 Å². The van der Waals surface area contributed by atoms with Crippen LogP contribution >= 0.6 is 0 Å². The Bertz CT molecular complexity index is 666. The minimum absolute atomic E-state index is 0.302. The van der Waals surface area contributed by atoms with E-state index >= 15 is 0 Å². The van der Waals surface area contributed by atoms with E-state index in [4.69, 9.17) is 4.43 Å². The molecule has 1 unspecified atom stereocenters. The molecule has 2 aromatic rings. The van der Waals surface area contributed by atoms with Crippen LogP contribution in [0.3, 0.4) is 0 Å². The van der Waals surface area contributed by atoms with Crippen LogP contribution in [0.15, 0.2) is 30.3 Å². The summed E-state index contributed by atoms with van der Waals surface area (Å²) in [7, 11) is -1.62. The highest BCUT2D eigenvalue weighted by molar-refractivity contribution is 6.74. The Kier molecular flexibility index (Phi) is 3.98. The minimum atomic E-state index is -1.62. The molecule has 0 aliphatic carbocycles. The number of aryl methyl sites for hydroxylation is 1. The molecule has 1 aromatic carbocycles. The van der Waals surface area contributed by atoms with Gasteiger partial charge in [-0.3, -0.25) is 0 Å². The minimum Gasteiger partial charge on any atom is -0.417 e. The highest BCUT2D eigenvalue weighted by atomic mass is 28.4. The molecule has 1 aromatic heterocycles. The van der Waals surface area contributed by atoms with Crippen molar-refractivity contribution in [3.63, 3.8) is 0 Å². The molecule has 0 bridgehead atoms. The average Bonchev–Trinajstić information content (AvgIpc) is 2.81. The highest BCUT2D eigenvalue weighted by Crippen LogP contribution is 2.37. The molecule has 0 fully saturated rings. The van der Waals surface area contributed by atoms with E-state index in [9.17, 15) is 0 Å². The van der Waals surface area contributed by atoms with Gasteiger partial charge in [0.25, 0.3) is 0 Å². The van der Waals surface area contributed by atoms with Gasteiger partial charge in [-0.15, -0.1) is 0 Å². The fraction of sp³-hybridized carbons (Fsp3) is 0.579. The molecule has 0 saturated heterocycles. The van der Waals surface area contributed by atoms with E-state index in [0.29, 0.717) is 11.0 Å². The Balaban J connectivity index is 1.70. The number of rotatable bonds is 3. The number of fused-ring (bicyclic) bond motifs is 3. The van der Waals surface area contributed by atoms with E-state index < -0.39 is 8.32 Å². The molecule has 1 aliphatic rings. The lowest BCUT2D eigenvalue weighted by Gasteiger charge is -2.38. The molecule has 120 valence electrons. The fourth-order valence-corrected chi connectivity index (χ4v) is 4.18. The summed E-state index contributed by atoms with van der Waals surface area (Å²) in [5, 5.41) is 1.68. The summed E-state index contributed by atoms with van der Waals surface area (Å²) in [5.41, 5.74) is 2.87. The zero-order chi connectivity index (χ0) is 16.0. The normalized spacial score (nSPS) is 19.4. The van der Waals surface area contributed by atoms with Crippen LogP contribution in [0, 0.1) is 5.92 Å². The third-order valence-corrected chi connectivity index (χ3v) is 10.1. The van der Waals surface area contributed by atoms with Gasteiger partial charge in [-0.25, -0.2) is 0 Å². The molecule has 1 atom stereocenters. The molecule has 3 heteroatoms. The lowest BCUT2D eigenvalue weighted by Crippen LogP contribution is -2.42. The molecule has 0 radical (unpaired) electrons. The molecule has 0 amide bonds. The first-order chi connectivity index (χ1) is 10.3. The van der Waals surface area contributed by atoms with Crippen LogP contribution in [0.5, 0.6) is 0 Å². The van der Waals surface area contributed by atoms with Gasteiger partial charge in [0.1, 0.15) is 0 Å². The van der Waals surface area contributed by atoms with Gasteiger partial charge in [0.2, 0.25) is 0 Å².